The normalized spacial score (nSPS) is 10.8. The Balaban J connectivity index is -0.000000126. The Hall–Kier alpha value is -0.400. The lowest BCUT2D eigenvalue weighted by atomic mass is 10.3. The van der Waals surface area contributed by atoms with E-state index in [0.717, 1.165) is 27.7 Å². The molecule has 0 aromatic heterocycles. The van der Waals surface area contributed by atoms with Gasteiger partial charge < -0.3 is 39.6 Å². The van der Waals surface area contributed by atoms with Gasteiger partial charge in [0.1, 0.15) is 0 Å². The fraction of sp³-hybridized carbons (Fsp3) is 0.938. The van der Waals surface area contributed by atoms with Crippen molar-refractivity contribution in [3.63, 3.8) is 0 Å². The molecule has 0 saturated carbocycles. The molecule has 464 valence electrons. The summed E-state index contributed by atoms with van der Waals surface area (Å²) in [4.78, 5) is 35.6. The Morgan fingerprint density at radius 1 is 0.211 bits per heavy atom. The molecule has 0 spiro atoms. The van der Waals surface area contributed by atoms with Crippen LogP contribution in [0.1, 0.15) is 293 Å². The lowest BCUT2D eigenvalue weighted by Gasteiger charge is -2.28. The van der Waals surface area contributed by atoms with E-state index in [1.54, 1.807) is 73.9 Å². The van der Waals surface area contributed by atoms with Gasteiger partial charge in [0.25, 0.3) is 0 Å². The van der Waals surface area contributed by atoms with Crippen molar-refractivity contribution >= 4 is 52.9 Å². The van der Waals surface area contributed by atoms with Crippen LogP contribution in [0.25, 0.3) is 0 Å². The second-order valence-corrected chi connectivity index (χ2v) is 40.2. The Labute approximate surface area is 481 Å². The molecule has 0 saturated heterocycles. The molecule has 8 nitrogen and oxygen atoms in total. The summed E-state index contributed by atoms with van der Waals surface area (Å²) in [5.41, 5.74) is 0. The highest BCUT2D eigenvalue weighted by Crippen LogP contribution is 2.63. The molecule has 0 atom stereocenters. The number of carboxylic acid groups (broad SMARTS) is 4. The molecule has 0 aliphatic heterocycles. The third-order valence-electron chi connectivity index (χ3n) is 14.4. The van der Waals surface area contributed by atoms with Gasteiger partial charge in [0.2, 0.25) is 0 Å². The van der Waals surface area contributed by atoms with Crippen LogP contribution in [0.2, 0.25) is 0 Å². The smallest absolute Gasteiger partial charge is 0.0594 e. The number of carbonyl (C=O) groups is 4. The number of carbonyl (C=O) groups excluding carboxylic acids is 4. The van der Waals surface area contributed by atoms with Crippen LogP contribution < -0.4 is 20.4 Å². The third kappa shape index (κ3) is 75.7. The molecule has 0 unspecified atom stereocenters. The van der Waals surface area contributed by atoms with Gasteiger partial charge in [0, 0.05) is 52.9 Å². The van der Waals surface area contributed by atoms with Gasteiger partial charge in [-0.2, -0.15) is 0 Å². The molecule has 0 aromatic rings. The number of rotatable bonds is 40. The summed E-state index contributed by atoms with van der Waals surface area (Å²) < 4.78 is 0. The molecule has 0 rings (SSSR count). The van der Waals surface area contributed by atoms with Crippen molar-refractivity contribution in [2.45, 2.75) is 293 Å². The van der Waals surface area contributed by atoms with E-state index >= 15 is 0 Å². The topological polar surface area (TPSA) is 161 Å². The van der Waals surface area contributed by atoms with Gasteiger partial charge in [0.05, 0.1) is 98.6 Å². The number of hydrogen-bond acceptors (Lipinski definition) is 8. The molecule has 0 amide bonds. The first-order chi connectivity index (χ1) is 35.9. The fourth-order valence-electron chi connectivity index (χ4n) is 10.0. The molecule has 0 fully saturated rings. The molecular weight excluding hydrogens is 1020 g/mol. The van der Waals surface area contributed by atoms with Crippen molar-refractivity contribution < 1.29 is 39.6 Å². The maximum absolute atomic E-state index is 8.89. The minimum absolute atomic E-state index is 0.420. The van der Waals surface area contributed by atoms with Crippen molar-refractivity contribution in [2.75, 3.05) is 98.6 Å². The molecule has 0 aromatic carbocycles. The number of carboxylic acids is 4. The first-order valence-electron chi connectivity index (χ1n) is 32.0. The summed E-state index contributed by atoms with van der Waals surface area (Å²) in [6, 6.07) is 0. The van der Waals surface area contributed by atoms with E-state index in [1.165, 1.54) is 179 Å². The maximum Gasteiger partial charge on any atom is 0.0594 e. The summed E-state index contributed by atoms with van der Waals surface area (Å²) in [7, 11) is -2.09. The molecule has 0 N–H and O–H groups in total. The molecule has 76 heavy (non-hydrogen) atoms. The Morgan fingerprint density at radius 2 is 0.342 bits per heavy atom. The van der Waals surface area contributed by atoms with Crippen LogP contribution in [-0.2, 0) is 19.2 Å². The zero-order valence-electron chi connectivity index (χ0n) is 55.3. The Bertz CT molecular complexity index is 974. The summed E-state index contributed by atoms with van der Waals surface area (Å²) in [5.74, 6) is -4.33. The minimum Gasteiger partial charge on any atom is -0.550 e. The summed E-state index contributed by atoms with van der Waals surface area (Å²) in [5, 5.41) is 35.6. The zero-order chi connectivity index (χ0) is 60.6. The minimum atomic E-state index is -1.08. The van der Waals surface area contributed by atoms with E-state index in [2.05, 4.69) is 111 Å². The summed E-state index contributed by atoms with van der Waals surface area (Å²) in [6.07, 6.45) is 59.7. The number of aliphatic carboxylic acids is 4. The first kappa shape index (κ1) is 92.1. The molecule has 12 heteroatoms. The van der Waals surface area contributed by atoms with Gasteiger partial charge >= 0.3 is 0 Å². The van der Waals surface area contributed by atoms with Gasteiger partial charge in [-0.25, -0.2) is 0 Å². The van der Waals surface area contributed by atoms with Gasteiger partial charge in [-0.15, -0.1) is 0 Å². The van der Waals surface area contributed by atoms with Crippen LogP contribution in [0, 0.1) is 0 Å². The first-order valence-corrected chi connectivity index (χ1v) is 42.1. The van der Waals surface area contributed by atoms with Crippen LogP contribution >= 0.6 is 29.0 Å². The van der Waals surface area contributed by atoms with Gasteiger partial charge in [-0.05, 0) is 132 Å². The number of unbranched alkanes of at least 4 members (excludes halogenated alkanes) is 12. The van der Waals surface area contributed by atoms with Crippen molar-refractivity contribution in [3.8, 4) is 0 Å². The molecule has 0 aliphatic carbocycles. The van der Waals surface area contributed by atoms with Crippen LogP contribution in [0.4, 0.5) is 0 Å². The van der Waals surface area contributed by atoms with Crippen molar-refractivity contribution in [1.82, 2.24) is 0 Å². The van der Waals surface area contributed by atoms with Crippen molar-refractivity contribution in [2.24, 2.45) is 0 Å². The molecule has 0 bridgehead atoms. The van der Waals surface area contributed by atoms with E-state index in [1.807, 2.05) is 0 Å². The Morgan fingerprint density at radius 3 is 0.447 bits per heavy atom. The van der Waals surface area contributed by atoms with E-state index in [9.17, 15) is 0 Å². The monoisotopic (exact) mass is 1160 g/mol. The average molecular weight is 1160 g/mol. The van der Waals surface area contributed by atoms with Crippen molar-refractivity contribution in [1.29, 1.82) is 0 Å². The average Bonchev–Trinajstić information content (AvgIpc) is 3.35. The number of hydrogen-bond donors (Lipinski definition) is 0. The van der Waals surface area contributed by atoms with E-state index in [-0.39, 0.29) is 0 Å². The maximum atomic E-state index is 8.89. The van der Waals surface area contributed by atoms with Crippen molar-refractivity contribution in [3.05, 3.63) is 0 Å². The van der Waals surface area contributed by atoms with Crippen LogP contribution in [0.3, 0.4) is 0 Å². The second kappa shape index (κ2) is 70.7. The lowest BCUT2D eigenvalue weighted by Crippen LogP contribution is -2.16. The quantitative estimate of drug-likeness (QED) is 0.0433. The molecular formula is C64H140O8P4. The predicted molar refractivity (Wildman–Crippen MR) is 350 cm³/mol. The summed E-state index contributed by atoms with van der Waals surface area (Å²) >= 11 is 0. The lowest BCUT2D eigenvalue weighted by molar-refractivity contribution is -0.303. The third-order valence-corrected chi connectivity index (χ3v) is 35.4. The zero-order valence-corrected chi connectivity index (χ0v) is 58.9. The highest BCUT2D eigenvalue weighted by molar-refractivity contribution is 7.76. The van der Waals surface area contributed by atoms with Gasteiger partial charge in [-0.1, -0.05) is 160 Å². The Kier molecular flexibility index (Phi) is 85.7. The highest BCUT2D eigenvalue weighted by Gasteiger charge is 2.36. The van der Waals surface area contributed by atoms with Crippen LogP contribution in [0.5, 0.6) is 0 Å². The van der Waals surface area contributed by atoms with E-state index < -0.39 is 52.9 Å². The molecule has 0 heterocycles. The predicted octanol–water partition coefficient (Wildman–Crippen LogP) is 16.7. The highest BCUT2D eigenvalue weighted by atomic mass is 31.2. The SMILES string of the molecule is CC(=O)[O-].CC(=O)[O-].CC(=O)[O-].CC(=O)[O-].CCCCC[P+](CCCCC)(CCCCC)CCCCC.CCCC[P+](CCCC)(CCCC)CCCC.CCC[P+](CCC)(CCC)CCC.CC[P+](CC)(CC)CC. The largest absolute Gasteiger partial charge is 0.550 e. The standard InChI is InChI=1S/C20H44P.C16H36P.C12H28P.C8H20P.4C2H4O2/c1-5-9-13-17-21(18-14-10-6-2,19-15-11-7-3)20-16-12-8-4;1-5-9-13-17(14-10-6-2,15-11-7-3)16-12-8-4;1-5-9-13(10-6-2,11-7-3)12-8-4;1-5-9(6-2,7-3)8-4;4*1-2(3)4/h5-20H2,1-4H3;5-16H2,1-4H3;5-12H2,1-4H3;5-8H2,1-4H3;4*1H3,(H,3,4)/q4*+1;;;;/p-4. The fourth-order valence-corrected chi connectivity index (χ4v) is 28.0. The molecule has 0 aliphatic rings. The van der Waals surface area contributed by atoms with Crippen LogP contribution in [-0.4, -0.2) is 122 Å². The molecule has 0 radical (unpaired) electrons. The van der Waals surface area contributed by atoms with Gasteiger partial charge in [0.15, 0.2) is 0 Å². The van der Waals surface area contributed by atoms with E-state index in [0.29, 0.717) is 0 Å². The van der Waals surface area contributed by atoms with Crippen LogP contribution in [0.15, 0.2) is 0 Å². The second-order valence-electron chi connectivity index (χ2n) is 21.5. The summed E-state index contributed by atoms with van der Waals surface area (Å²) in [6.45, 7) is 41.6. The van der Waals surface area contributed by atoms with Gasteiger partial charge in [-0.3, -0.25) is 0 Å². The van der Waals surface area contributed by atoms with E-state index in [4.69, 9.17) is 39.6 Å².